The highest BCUT2D eigenvalue weighted by Gasteiger charge is 2.24. The SMILES string of the molecule is CCNS(=O)(=O)c1ccccc1NC1CSC(C)C1. The van der Waals surface area contributed by atoms with E-state index < -0.39 is 10.0 Å². The second-order valence-electron chi connectivity index (χ2n) is 4.72. The molecule has 2 unspecified atom stereocenters. The summed E-state index contributed by atoms with van der Waals surface area (Å²) in [6.07, 6.45) is 1.07. The molecule has 0 aliphatic carbocycles. The molecule has 1 aromatic carbocycles. The van der Waals surface area contributed by atoms with Crippen molar-refractivity contribution in [3.05, 3.63) is 24.3 Å². The van der Waals surface area contributed by atoms with Crippen molar-refractivity contribution in [2.24, 2.45) is 0 Å². The molecule has 2 N–H and O–H groups in total. The maximum atomic E-state index is 12.1. The predicted octanol–water partition coefficient (Wildman–Crippen LogP) is 2.29. The first-order valence-electron chi connectivity index (χ1n) is 6.49. The summed E-state index contributed by atoms with van der Waals surface area (Å²) in [7, 11) is -3.42. The van der Waals surface area contributed by atoms with Crippen LogP contribution in [0.25, 0.3) is 0 Å². The number of hydrogen-bond acceptors (Lipinski definition) is 4. The average molecular weight is 300 g/mol. The Hall–Kier alpha value is -0.720. The first-order chi connectivity index (χ1) is 9.03. The van der Waals surface area contributed by atoms with Crippen LogP contribution >= 0.6 is 11.8 Å². The van der Waals surface area contributed by atoms with Crippen molar-refractivity contribution in [2.45, 2.75) is 36.5 Å². The van der Waals surface area contributed by atoms with Gasteiger partial charge in [-0.2, -0.15) is 11.8 Å². The molecule has 2 atom stereocenters. The summed E-state index contributed by atoms with van der Waals surface area (Å²) in [5.74, 6) is 1.02. The Labute approximate surface area is 119 Å². The van der Waals surface area contributed by atoms with Crippen LogP contribution in [-0.4, -0.2) is 32.0 Å². The molecule has 106 valence electrons. The van der Waals surface area contributed by atoms with Crippen LogP contribution in [0.2, 0.25) is 0 Å². The lowest BCUT2D eigenvalue weighted by molar-refractivity contribution is 0.584. The molecule has 1 aromatic rings. The highest BCUT2D eigenvalue weighted by atomic mass is 32.2. The predicted molar refractivity (Wildman–Crippen MR) is 81.3 cm³/mol. The van der Waals surface area contributed by atoms with E-state index in [-0.39, 0.29) is 0 Å². The summed E-state index contributed by atoms with van der Waals surface area (Å²) in [6, 6.07) is 7.43. The van der Waals surface area contributed by atoms with E-state index in [9.17, 15) is 8.42 Å². The van der Waals surface area contributed by atoms with Gasteiger partial charge in [0, 0.05) is 23.6 Å². The van der Waals surface area contributed by atoms with E-state index in [1.165, 1.54) is 0 Å². The number of anilines is 1. The molecule has 0 aromatic heterocycles. The molecule has 0 radical (unpaired) electrons. The molecule has 1 aliphatic heterocycles. The van der Waals surface area contributed by atoms with E-state index >= 15 is 0 Å². The number of rotatable bonds is 5. The van der Waals surface area contributed by atoms with Gasteiger partial charge in [-0.05, 0) is 18.6 Å². The summed E-state index contributed by atoms with van der Waals surface area (Å²) in [4.78, 5) is 0.335. The quantitative estimate of drug-likeness (QED) is 0.876. The fourth-order valence-electron chi connectivity index (χ4n) is 2.23. The minimum atomic E-state index is -3.42. The molecular weight excluding hydrogens is 280 g/mol. The van der Waals surface area contributed by atoms with Crippen molar-refractivity contribution < 1.29 is 8.42 Å². The molecular formula is C13H20N2O2S2. The molecule has 2 rings (SSSR count). The van der Waals surface area contributed by atoms with Gasteiger partial charge in [-0.15, -0.1) is 0 Å². The molecule has 0 saturated carbocycles. The lowest BCUT2D eigenvalue weighted by atomic mass is 10.2. The molecule has 1 fully saturated rings. The van der Waals surface area contributed by atoms with Crippen LogP contribution in [0, 0.1) is 0 Å². The first-order valence-corrected chi connectivity index (χ1v) is 9.03. The zero-order valence-corrected chi connectivity index (χ0v) is 12.9. The van der Waals surface area contributed by atoms with Gasteiger partial charge in [-0.25, -0.2) is 13.1 Å². The van der Waals surface area contributed by atoms with Crippen molar-refractivity contribution in [1.29, 1.82) is 0 Å². The molecule has 19 heavy (non-hydrogen) atoms. The maximum absolute atomic E-state index is 12.1. The fraction of sp³-hybridized carbons (Fsp3) is 0.538. The summed E-state index contributed by atoms with van der Waals surface area (Å²) < 4.78 is 26.8. The largest absolute Gasteiger partial charge is 0.380 e. The highest BCUT2D eigenvalue weighted by molar-refractivity contribution is 8.00. The van der Waals surface area contributed by atoms with Crippen molar-refractivity contribution in [2.75, 3.05) is 17.6 Å². The van der Waals surface area contributed by atoms with Crippen LogP contribution in [0.5, 0.6) is 0 Å². The Morgan fingerprint density at radius 3 is 2.74 bits per heavy atom. The van der Waals surface area contributed by atoms with Gasteiger partial charge in [0.25, 0.3) is 0 Å². The van der Waals surface area contributed by atoms with E-state index in [0.29, 0.717) is 28.4 Å². The highest BCUT2D eigenvalue weighted by Crippen LogP contribution is 2.30. The fourth-order valence-corrected chi connectivity index (χ4v) is 4.58. The smallest absolute Gasteiger partial charge is 0.242 e. The van der Waals surface area contributed by atoms with E-state index in [1.54, 1.807) is 19.1 Å². The maximum Gasteiger partial charge on any atom is 0.242 e. The third kappa shape index (κ3) is 3.64. The second kappa shape index (κ2) is 6.15. The summed E-state index contributed by atoms with van der Waals surface area (Å²) in [6.45, 7) is 4.38. The van der Waals surface area contributed by atoms with Crippen LogP contribution < -0.4 is 10.0 Å². The van der Waals surface area contributed by atoms with Gasteiger partial charge >= 0.3 is 0 Å². The molecule has 0 bridgehead atoms. The monoisotopic (exact) mass is 300 g/mol. The molecule has 1 aliphatic rings. The number of para-hydroxylation sites is 1. The van der Waals surface area contributed by atoms with Gasteiger partial charge in [0.2, 0.25) is 10.0 Å². The minimum absolute atomic E-state index is 0.335. The number of nitrogens with one attached hydrogen (secondary N) is 2. The van der Waals surface area contributed by atoms with Gasteiger partial charge in [0.05, 0.1) is 5.69 Å². The second-order valence-corrected chi connectivity index (χ2v) is 7.93. The van der Waals surface area contributed by atoms with Gasteiger partial charge in [-0.1, -0.05) is 26.0 Å². The number of thioether (sulfide) groups is 1. The van der Waals surface area contributed by atoms with Crippen molar-refractivity contribution in [3.63, 3.8) is 0 Å². The van der Waals surface area contributed by atoms with Gasteiger partial charge in [0.15, 0.2) is 0 Å². The topological polar surface area (TPSA) is 58.2 Å². The first kappa shape index (κ1) is 14.7. The van der Waals surface area contributed by atoms with Crippen LogP contribution in [0.15, 0.2) is 29.2 Å². The lowest BCUT2D eigenvalue weighted by Crippen LogP contribution is -2.26. The Balaban J connectivity index is 2.21. The average Bonchev–Trinajstić information content (AvgIpc) is 2.75. The number of benzene rings is 1. The molecule has 1 saturated heterocycles. The number of sulfonamides is 1. The normalized spacial score (nSPS) is 23.5. The molecule has 6 heteroatoms. The van der Waals surface area contributed by atoms with Crippen molar-refractivity contribution in [3.8, 4) is 0 Å². The van der Waals surface area contributed by atoms with E-state index in [0.717, 1.165) is 12.2 Å². The zero-order valence-electron chi connectivity index (χ0n) is 11.2. The third-order valence-corrected chi connectivity index (χ3v) is 6.03. The van der Waals surface area contributed by atoms with Crippen molar-refractivity contribution in [1.82, 2.24) is 4.72 Å². The standard InChI is InChI=1S/C13H20N2O2S2/c1-3-14-19(16,17)13-7-5-4-6-12(13)15-11-8-10(2)18-9-11/h4-7,10-11,14-15H,3,8-9H2,1-2H3. The van der Waals surface area contributed by atoms with Crippen LogP contribution in [0.1, 0.15) is 20.3 Å². The van der Waals surface area contributed by atoms with Gasteiger partial charge in [0.1, 0.15) is 4.90 Å². The molecule has 0 amide bonds. The van der Waals surface area contributed by atoms with E-state index in [4.69, 9.17) is 0 Å². The number of hydrogen-bond donors (Lipinski definition) is 2. The Kier molecular flexibility index (Phi) is 4.76. The Morgan fingerprint density at radius 1 is 1.37 bits per heavy atom. The summed E-state index contributed by atoms with van der Waals surface area (Å²) in [5.41, 5.74) is 0.697. The Bertz CT molecular complexity index is 531. The van der Waals surface area contributed by atoms with Crippen molar-refractivity contribution >= 4 is 27.5 Å². The lowest BCUT2D eigenvalue weighted by Gasteiger charge is -2.17. The molecule has 0 spiro atoms. The van der Waals surface area contributed by atoms with Crippen LogP contribution in [-0.2, 0) is 10.0 Å². The Morgan fingerprint density at radius 2 is 2.11 bits per heavy atom. The zero-order chi connectivity index (χ0) is 13.9. The molecule has 1 heterocycles. The van der Waals surface area contributed by atoms with E-state index in [1.807, 2.05) is 23.9 Å². The van der Waals surface area contributed by atoms with Crippen LogP contribution in [0.3, 0.4) is 0 Å². The van der Waals surface area contributed by atoms with Gasteiger partial charge in [-0.3, -0.25) is 0 Å². The summed E-state index contributed by atoms with van der Waals surface area (Å²) in [5, 5.41) is 4.00. The minimum Gasteiger partial charge on any atom is -0.380 e. The van der Waals surface area contributed by atoms with Crippen LogP contribution in [0.4, 0.5) is 5.69 Å². The summed E-state index contributed by atoms with van der Waals surface area (Å²) >= 11 is 1.92. The third-order valence-electron chi connectivity index (χ3n) is 3.07. The van der Waals surface area contributed by atoms with E-state index in [2.05, 4.69) is 17.0 Å². The van der Waals surface area contributed by atoms with Gasteiger partial charge < -0.3 is 5.32 Å². The molecule has 4 nitrogen and oxygen atoms in total.